The first kappa shape index (κ1) is 25.2. The second-order valence-electron chi connectivity index (χ2n) is 9.30. The first-order valence-electron chi connectivity index (χ1n) is 12.2. The number of amides is 2. The van der Waals surface area contributed by atoms with Gasteiger partial charge in [-0.25, -0.2) is 19.8 Å². The van der Waals surface area contributed by atoms with Gasteiger partial charge in [0.25, 0.3) is 5.91 Å². The molecule has 2 aliphatic rings. The van der Waals surface area contributed by atoms with Crippen LogP contribution in [0.1, 0.15) is 18.4 Å². The van der Waals surface area contributed by atoms with Crippen LogP contribution in [0, 0.1) is 11.7 Å². The number of fused-ring (bicyclic) bond motifs is 1. The van der Waals surface area contributed by atoms with Crippen molar-refractivity contribution in [2.45, 2.75) is 24.9 Å². The van der Waals surface area contributed by atoms with Crippen molar-refractivity contribution in [1.82, 2.24) is 15.8 Å². The van der Waals surface area contributed by atoms with Gasteiger partial charge in [-0.2, -0.15) is 0 Å². The van der Waals surface area contributed by atoms with E-state index in [-0.39, 0.29) is 23.9 Å². The molecular formula is C27H22ClFN6O3S. The van der Waals surface area contributed by atoms with Crippen LogP contribution in [-0.4, -0.2) is 28.8 Å². The summed E-state index contributed by atoms with van der Waals surface area (Å²) in [6.45, 7) is 0. The average molecular weight is 565 g/mol. The minimum atomic E-state index is -1.39. The lowest BCUT2D eigenvalue weighted by atomic mass is 9.99. The Morgan fingerprint density at radius 2 is 1.85 bits per heavy atom. The molecule has 4 aromatic rings. The molecule has 1 atom stereocenters. The number of rotatable bonds is 8. The van der Waals surface area contributed by atoms with Crippen LogP contribution in [0.3, 0.4) is 0 Å². The second kappa shape index (κ2) is 10.3. The van der Waals surface area contributed by atoms with Gasteiger partial charge in [0.05, 0.1) is 22.2 Å². The van der Waals surface area contributed by atoms with E-state index in [0.29, 0.717) is 21.7 Å². The van der Waals surface area contributed by atoms with Crippen molar-refractivity contribution in [2.75, 3.05) is 10.6 Å². The molecule has 198 valence electrons. The van der Waals surface area contributed by atoms with E-state index >= 15 is 0 Å². The molecule has 2 amide bonds. The van der Waals surface area contributed by atoms with Crippen LogP contribution in [0.15, 0.2) is 65.7 Å². The number of aromatic nitrogens is 1. The van der Waals surface area contributed by atoms with Crippen molar-refractivity contribution in [3.63, 3.8) is 0 Å². The maximum atomic E-state index is 14.7. The fraction of sp³-hybridized carbons (Fsp3) is 0.185. The molecule has 4 N–H and O–H groups in total. The number of ether oxygens (including phenoxy) is 1. The molecular weight excluding hydrogens is 543 g/mol. The highest BCUT2D eigenvalue weighted by molar-refractivity contribution is 7.22. The van der Waals surface area contributed by atoms with E-state index in [1.54, 1.807) is 42.5 Å². The van der Waals surface area contributed by atoms with Gasteiger partial charge in [-0.15, -0.1) is 0 Å². The normalized spacial score (nSPS) is 18.1. The van der Waals surface area contributed by atoms with Crippen molar-refractivity contribution in [2.24, 2.45) is 10.9 Å². The van der Waals surface area contributed by atoms with Gasteiger partial charge in [-0.05, 0) is 54.8 Å². The highest BCUT2D eigenvalue weighted by atomic mass is 35.5. The molecule has 12 heteroatoms. The number of anilines is 2. The third kappa shape index (κ3) is 5.56. The van der Waals surface area contributed by atoms with E-state index in [4.69, 9.17) is 16.3 Å². The minimum Gasteiger partial charge on any atom is -0.457 e. The SMILES string of the molecule is O=C(Nc1nc2ccc(Oc3ccc(F)c(NC(=O)C4(Cc5ccc(Cl)cc5)N=CNN4)c3)cc2s1)C1CC1. The van der Waals surface area contributed by atoms with E-state index in [1.807, 2.05) is 0 Å². The number of hydrazine groups is 1. The van der Waals surface area contributed by atoms with Gasteiger partial charge in [0, 0.05) is 29.5 Å². The predicted molar refractivity (Wildman–Crippen MR) is 149 cm³/mol. The van der Waals surface area contributed by atoms with Gasteiger partial charge in [0.1, 0.15) is 17.3 Å². The van der Waals surface area contributed by atoms with Crippen LogP contribution in [0.4, 0.5) is 15.2 Å². The predicted octanol–water partition coefficient (Wildman–Crippen LogP) is 5.24. The Labute approximate surface area is 231 Å². The summed E-state index contributed by atoms with van der Waals surface area (Å²) in [5.74, 6) is -0.270. The van der Waals surface area contributed by atoms with Gasteiger partial charge < -0.3 is 20.8 Å². The van der Waals surface area contributed by atoms with Crippen LogP contribution in [-0.2, 0) is 16.0 Å². The summed E-state index contributed by atoms with van der Waals surface area (Å²) < 4.78 is 21.5. The van der Waals surface area contributed by atoms with Crippen LogP contribution < -0.4 is 26.2 Å². The molecule has 1 fully saturated rings. The highest BCUT2D eigenvalue weighted by Crippen LogP contribution is 2.35. The first-order valence-corrected chi connectivity index (χ1v) is 13.4. The molecule has 3 aromatic carbocycles. The average Bonchev–Trinajstić information content (AvgIpc) is 3.54. The summed E-state index contributed by atoms with van der Waals surface area (Å²) in [7, 11) is 0. The number of nitrogens with one attached hydrogen (secondary N) is 4. The van der Waals surface area contributed by atoms with E-state index < -0.39 is 17.4 Å². The van der Waals surface area contributed by atoms with Gasteiger partial charge >= 0.3 is 0 Å². The number of thiazole rings is 1. The topological polar surface area (TPSA) is 117 Å². The monoisotopic (exact) mass is 564 g/mol. The molecule has 1 saturated carbocycles. The summed E-state index contributed by atoms with van der Waals surface area (Å²) in [6, 6.07) is 16.5. The van der Waals surface area contributed by atoms with Crippen LogP contribution in [0.2, 0.25) is 5.02 Å². The van der Waals surface area contributed by atoms with Gasteiger partial charge in [-0.1, -0.05) is 35.1 Å². The third-order valence-corrected chi connectivity index (χ3v) is 7.52. The number of nitrogens with zero attached hydrogens (tertiary/aromatic N) is 2. The van der Waals surface area contributed by atoms with Crippen molar-refractivity contribution in [3.05, 3.63) is 77.1 Å². The molecule has 1 aromatic heterocycles. The molecule has 9 nitrogen and oxygen atoms in total. The Morgan fingerprint density at radius 3 is 2.59 bits per heavy atom. The van der Waals surface area contributed by atoms with Crippen molar-refractivity contribution in [3.8, 4) is 11.5 Å². The number of carbonyl (C=O) groups is 2. The first-order chi connectivity index (χ1) is 18.9. The lowest BCUT2D eigenvalue weighted by molar-refractivity contribution is -0.122. The lowest BCUT2D eigenvalue weighted by Gasteiger charge is -2.25. The molecule has 0 radical (unpaired) electrons. The van der Waals surface area contributed by atoms with Crippen molar-refractivity contribution < 1.29 is 18.7 Å². The Kier molecular flexibility index (Phi) is 6.63. The molecule has 0 spiro atoms. The molecule has 1 unspecified atom stereocenters. The molecule has 39 heavy (non-hydrogen) atoms. The summed E-state index contributed by atoms with van der Waals surface area (Å²) >= 11 is 7.33. The van der Waals surface area contributed by atoms with Crippen LogP contribution in [0.25, 0.3) is 10.2 Å². The zero-order valence-corrected chi connectivity index (χ0v) is 21.9. The highest BCUT2D eigenvalue weighted by Gasteiger charge is 2.40. The molecule has 1 aliphatic carbocycles. The Balaban J connectivity index is 1.18. The van der Waals surface area contributed by atoms with E-state index in [0.717, 1.165) is 28.6 Å². The number of benzene rings is 3. The van der Waals surface area contributed by atoms with Gasteiger partial charge in [0.15, 0.2) is 5.13 Å². The fourth-order valence-electron chi connectivity index (χ4n) is 4.11. The summed E-state index contributed by atoms with van der Waals surface area (Å²) in [6.07, 6.45) is 3.41. The molecule has 6 rings (SSSR count). The zero-order valence-electron chi connectivity index (χ0n) is 20.3. The third-order valence-electron chi connectivity index (χ3n) is 6.34. The van der Waals surface area contributed by atoms with Crippen molar-refractivity contribution >= 4 is 62.1 Å². The largest absolute Gasteiger partial charge is 0.457 e. The number of hydrogen-bond donors (Lipinski definition) is 4. The van der Waals surface area contributed by atoms with E-state index in [2.05, 4.69) is 31.5 Å². The van der Waals surface area contributed by atoms with Gasteiger partial charge in [0.2, 0.25) is 11.6 Å². The molecule has 0 bridgehead atoms. The summed E-state index contributed by atoms with van der Waals surface area (Å²) in [5.41, 5.74) is 5.70. The van der Waals surface area contributed by atoms with Crippen LogP contribution in [0.5, 0.6) is 11.5 Å². The summed E-state index contributed by atoms with van der Waals surface area (Å²) in [4.78, 5) is 34.1. The molecule has 1 aliphatic heterocycles. The minimum absolute atomic E-state index is 0.00404. The lowest BCUT2D eigenvalue weighted by Crippen LogP contribution is -2.55. The van der Waals surface area contributed by atoms with Gasteiger partial charge in [-0.3, -0.25) is 9.59 Å². The quantitative estimate of drug-likeness (QED) is 0.232. The standard InChI is InChI=1S/C27H22ClFN6O3S/c28-17-5-1-15(2-6-17)13-27(30-14-31-35-27)25(37)32-22-11-18(7-9-20(22)29)38-19-8-10-21-23(12-19)39-26(33-21)34-24(36)16-3-4-16/h1-2,5-12,14,16,35H,3-4,13H2,(H,30,31)(H,32,37)(H,33,34,36). The smallest absolute Gasteiger partial charge is 0.269 e. The Bertz CT molecular complexity index is 1610. The number of hydrogen-bond acceptors (Lipinski definition) is 8. The Hall–Kier alpha value is -4.06. The zero-order chi connectivity index (χ0) is 27.0. The fourth-order valence-corrected chi connectivity index (χ4v) is 5.13. The molecule has 0 saturated heterocycles. The number of carbonyl (C=O) groups excluding carboxylic acids is 2. The number of halogens is 2. The number of aliphatic imine (C=N–C) groups is 1. The second-order valence-corrected chi connectivity index (χ2v) is 10.8. The van der Waals surface area contributed by atoms with E-state index in [1.165, 1.54) is 35.9 Å². The van der Waals surface area contributed by atoms with E-state index in [9.17, 15) is 14.0 Å². The summed E-state index contributed by atoms with van der Waals surface area (Å²) in [5, 5.41) is 6.60. The molecule has 2 heterocycles. The Morgan fingerprint density at radius 1 is 1.08 bits per heavy atom. The maximum Gasteiger partial charge on any atom is 0.269 e. The van der Waals surface area contributed by atoms with Crippen LogP contribution >= 0.6 is 22.9 Å². The van der Waals surface area contributed by atoms with Crippen molar-refractivity contribution in [1.29, 1.82) is 0 Å². The maximum absolute atomic E-state index is 14.7.